The zero-order chi connectivity index (χ0) is 14.1. The second kappa shape index (κ2) is 5.33. The van der Waals surface area contributed by atoms with E-state index in [0.29, 0.717) is 0 Å². The molecular weight excluding hydrogens is 328 g/mol. The fraction of sp³-hybridized carbons (Fsp3) is 0.625. The SMILES string of the molecule is CC(C)C(NS(=O)(=O)c1c(Br)nnn1C)C(=O)O. The van der Waals surface area contributed by atoms with Gasteiger partial charge in [0.15, 0.2) is 4.60 Å². The molecule has 0 aliphatic carbocycles. The maximum atomic E-state index is 12.0. The molecule has 1 aromatic heterocycles. The number of carbonyl (C=O) groups is 1. The van der Waals surface area contributed by atoms with Crippen LogP contribution in [0.4, 0.5) is 0 Å². The van der Waals surface area contributed by atoms with Gasteiger partial charge in [0, 0.05) is 7.05 Å². The monoisotopic (exact) mass is 340 g/mol. The molecule has 0 aliphatic heterocycles. The predicted octanol–water partition coefficient (Wildman–Crippen LogP) is -0.0349. The molecule has 0 spiro atoms. The summed E-state index contributed by atoms with van der Waals surface area (Å²) in [6, 6.07) is -1.21. The fourth-order valence-electron chi connectivity index (χ4n) is 1.30. The molecule has 0 saturated carbocycles. The van der Waals surface area contributed by atoms with Crippen LogP contribution in [-0.2, 0) is 21.9 Å². The topological polar surface area (TPSA) is 114 Å². The molecule has 0 radical (unpaired) electrons. The smallest absolute Gasteiger partial charge is 0.322 e. The first-order valence-corrected chi connectivity index (χ1v) is 7.24. The van der Waals surface area contributed by atoms with E-state index in [9.17, 15) is 13.2 Å². The number of rotatable bonds is 5. The van der Waals surface area contributed by atoms with Crippen LogP contribution < -0.4 is 4.72 Å². The van der Waals surface area contributed by atoms with E-state index in [1.165, 1.54) is 7.05 Å². The minimum atomic E-state index is -4.01. The average molecular weight is 341 g/mol. The molecule has 0 saturated heterocycles. The second-order valence-electron chi connectivity index (χ2n) is 3.99. The number of hydrogen-bond acceptors (Lipinski definition) is 5. The van der Waals surface area contributed by atoms with Crippen molar-refractivity contribution in [2.24, 2.45) is 13.0 Å². The molecule has 0 bridgehead atoms. The molecule has 2 N–H and O–H groups in total. The van der Waals surface area contributed by atoms with E-state index in [2.05, 4.69) is 31.0 Å². The van der Waals surface area contributed by atoms with E-state index in [-0.39, 0.29) is 9.63 Å². The summed E-state index contributed by atoms with van der Waals surface area (Å²) in [6.07, 6.45) is 0. The lowest BCUT2D eigenvalue weighted by atomic mass is 10.1. The van der Waals surface area contributed by atoms with E-state index in [1.54, 1.807) is 13.8 Å². The van der Waals surface area contributed by atoms with Crippen LogP contribution in [0, 0.1) is 5.92 Å². The molecule has 8 nitrogen and oxygen atoms in total. The van der Waals surface area contributed by atoms with E-state index in [0.717, 1.165) is 4.68 Å². The summed E-state index contributed by atoms with van der Waals surface area (Å²) < 4.78 is 27.3. The Labute approximate surface area is 113 Å². The van der Waals surface area contributed by atoms with Crippen LogP contribution in [0.15, 0.2) is 9.63 Å². The van der Waals surface area contributed by atoms with Crippen molar-refractivity contribution in [3.63, 3.8) is 0 Å². The third-order valence-electron chi connectivity index (χ3n) is 2.21. The second-order valence-corrected chi connectivity index (χ2v) is 6.37. The Morgan fingerprint density at radius 2 is 2.06 bits per heavy atom. The van der Waals surface area contributed by atoms with Crippen LogP contribution in [0.5, 0.6) is 0 Å². The summed E-state index contributed by atoms with van der Waals surface area (Å²) in [7, 11) is -2.61. The van der Waals surface area contributed by atoms with Gasteiger partial charge in [-0.2, -0.15) is 4.72 Å². The lowest BCUT2D eigenvalue weighted by Crippen LogP contribution is -2.44. The third kappa shape index (κ3) is 3.06. The predicted molar refractivity (Wildman–Crippen MR) is 65.3 cm³/mol. The van der Waals surface area contributed by atoms with E-state index in [4.69, 9.17) is 5.11 Å². The number of aryl methyl sites for hydroxylation is 1. The van der Waals surface area contributed by atoms with Crippen LogP contribution in [0.3, 0.4) is 0 Å². The van der Waals surface area contributed by atoms with Gasteiger partial charge in [0.2, 0.25) is 5.03 Å². The average Bonchev–Trinajstić information content (AvgIpc) is 2.54. The molecule has 1 unspecified atom stereocenters. The highest BCUT2D eigenvalue weighted by Crippen LogP contribution is 2.18. The van der Waals surface area contributed by atoms with Gasteiger partial charge in [-0.3, -0.25) is 4.79 Å². The van der Waals surface area contributed by atoms with Gasteiger partial charge in [-0.15, -0.1) is 5.10 Å². The molecule has 0 amide bonds. The van der Waals surface area contributed by atoms with Crippen molar-refractivity contribution < 1.29 is 18.3 Å². The van der Waals surface area contributed by atoms with Crippen molar-refractivity contribution in [1.82, 2.24) is 19.7 Å². The Kier molecular flexibility index (Phi) is 4.46. The summed E-state index contributed by atoms with van der Waals surface area (Å²) in [5, 5.41) is 15.8. The zero-order valence-corrected chi connectivity index (χ0v) is 12.4. The standard InChI is InChI=1S/C8H13BrN4O4S/c1-4(2)5(8(14)15)11-18(16,17)7-6(9)10-12-13(7)3/h4-5,11H,1-3H3,(H,14,15). The number of halogens is 1. The van der Waals surface area contributed by atoms with Gasteiger partial charge in [0.1, 0.15) is 6.04 Å². The van der Waals surface area contributed by atoms with Gasteiger partial charge >= 0.3 is 5.97 Å². The number of sulfonamides is 1. The van der Waals surface area contributed by atoms with Gasteiger partial charge in [0.05, 0.1) is 0 Å². The lowest BCUT2D eigenvalue weighted by Gasteiger charge is -2.17. The van der Waals surface area contributed by atoms with E-state index < -0.39 is 28.0 Å². The summed E-state index contributed by atoms with van der Waals surface area (Å²) >= 11 is 2.96. The van der Waals surface area contributed by atoms with Gasteiger partial charge in [-0.25, -0.2) is 13.1 Å². The Bertz CT molecular complexity index is 534. The minimum Gasteiger partial charge on any atom is -0.480 e. The largest absolute Gasteiger partial charge is 0.480 e. The Hall–Kier alpha value is -1.00. The van der Waals surface area contributed by atoms with Crippen LogP contribution in [0.25, 0.3) is 0 Å². The van der Waals surface area contributed by atoms with E-state index in [1.807, 2.05) is 0 Å². The zero-order valence-electron chi connectivity index (χ0n) is 9.95. The van der Waals surface area contributed by atoms with E-state index >= 15 is 0 Å². The Morgan fingerprint density at radius 1 is 1.50 bits per heavy atom. The van der Waals surface area contributed by atoms with Crippen LogP contribution in [0.2, 0.25) is 0 Å². The summed E-state index contributed by atoms with van der Waals surface area (Å²) in [5.41, 5.74) is 0. The summed E-state index contributed by atoms with van der Waals surface area (Å²) in [5.74, 6) is -1.63. The fourth-order valence-corrected chi connectivity index (χ4v) is 3.74. The minimum absolute atomic E-state index is 0.0328. The van der Waals surface area contributed by atoms with Crippen molar-refractivity contribution in [2.75, 3.05) is 0 Å². The maximum Gasteiger partial charge on any atom is 0.322 e. The quantitative estimate of drug-likeness (QED) is 0.777. The van der Waals surface area contributed by atoms with Crippen LogP contribution in [-0.4, -0.2) is 40.5 Å². The molecule has 18 heavy (non-hydrogen) atoms. The first kappa shape index (κ1) is 15.1. The molecule has 1 heterocycles. The molecular formula is C8H13BrN4O4S. The molecule has 0 aliphatic rings. The highest BCUT2D eigenvalue weighted by molar-refractivity contribution is 9.10. The Morgan fingerprint density at radius 3 is 2.39 bits per heavy atom. The van der Waals surface area contributed by atoms with Crippen LogP contribution >= 0.6 is 15.9 Å². The number of hydrogen-bond donors (Lipinski definition) is 2. The highest BCUT2D eigenvalue weighted by Gasteiger charge is 2.31. The number of nitrogens with one attached hydrogen (secondary N) is 1. The van der Waals surface area contributed by atoms with Crippen molar-refractivity contribution in [3.8, 4) is 0 Å². The van der Waals surface area contributed by atoms with Crippen molar-refractivity contribution >= 4 is 31.9 Å². The number of carboxylic acid groups (broad SMARTS) is 1. The highest BCUT2D eigenvalue weighted by atomic mass is 79.9. The Balaban J connectivity index is 3.13. The van der Waals surface area contributed by atoms with Gasteiger partial charge in [0.25, 0.3) is 10.0 Å². The molecule has 0 fully saturated rings. The first-order chi connectivity index (χ1) is 8.16. The molecule has 1 rings (SSSR count). The molecule has 1 atom stereocenters. The van der Waals surface area contributed by atoms with Gasteiger partial charge in [-0.1, -0.05) is 19.1 Å². The maximum absolute atomic E-state index is 12.0. The van der Waals surface area contributed by atoms with Crippen LogP contribution in [0.1, 0.15) is 13.8 Å². The number of nitrogens with zero attached hydrogens (tertiary/aromatic N) is 3. The number of aliphatic carboxylic acids is 1. The number of aromatic nitrogens is 3. The lowest BCUT2D eigenvalue weighted by molar-refractivity contribution is -0.140. The summed E-state index contributed by atoms with van der Waals surface area (Å²) in [6.45, 7) is 3.22. The molecule has 10 heteroatoms. The van der Waals surface area contributed by atoms with Crippen molar-refractivity contribution in [3.05, 3.63) is 4.60 Å². The normalized spacial score (nSPS) is 13.8. The third-order valence-corrected chi connectivity index (χ3v) is 4.53. The van der Waals surface area contributed by atoms with Gasteiger partial charge < -0.3 is 5.11 Å². The number of carboxylic acids is 1. The molecule has 102 valence electrons. The molecule has 0 aromatic carbocycles. The van der Waals surface area contributed by atoms with Crippen molar-refractivity contribution in [1.29, 1.82) is 0 Å². The first-order valence-electron chi connectivity index (χ1n) is 4.97. The van der Waals surface area contributed by atoms with Crippen molar-refractivity contribution in [2.45, 2.75) is 24.9 Å². The van der Waals surface area contributed by atoms with Gasteiger partial charge in [-0.05, 0) is 21.8 Å². The summed E-state index contributed by atoms with van der Waals surface area (Å²) in [4.78, 5) is 11.0. The molecule has 1 aromatic rings.